The summed E-state index contributed by atoms with van der Waals surface area (Å²) < 4.78 is 79.0. The molecule has 3 aromatic rings. The Hall–Kier alpha value is -4.20. The summed E-state index contributed by atoms with van der Waals surface area (Å²) in [6, 6.07) is 6.24. The van der Waals surface area contributed by atoms with Gasteiger partial charge in [-0.1, -0.05) is 0 Å². The van der Waals surface area contributed by atoms with Gasteiger partial charge in [0.05, 0.1) is 17.6 Å². The number of piperazine rings is 1. The lowest BCUT2D eigenvalue weighted by Gasteiger charge is -2.33. The Balaban J connectivity index is 1.52. The number of rotatable bonds is 6. The molecule has 2 aliphatic rings. The molecule has 0 unspecified atom stereocenters. The summed E-state index contributed by atoms with van der Waals surface area (Å²) in [7, 11) is 0. The van der Waals surface area contributed by atoms with Gasteiger partial charge in [0.25, 0.3) is 5.91 Å². The van der Waals surface area contributed by atoms with Crippen LogP contribution in [0.1, 0.15) is 13.8 Å². The standard InChI is InChI=1S/C26H25F5N6O3/c1-14(2)37-20-10-15(9-18(28)24(20)39-13-22(37)38)23-21(40-26(29,30)31)12-33-25(35-23)34-16-3-4-19(17(27)11-16)36-7-5-32-6-8-36/h3-4,9-12,14,32H,5-8,13H2,1-2H3,(H,33,34,35). The van der Waals surface area contributed by atoms with Gasteiger partial charge in [0.1, 0.15) is 11.5 Å². The van der Waals surface area contributed by atoms with Crippen LogP contribution in [-0.4, -0.2) is 61.1 Å². The lowest BCUT2D eigenvalue weighted by Crippen LogP contribution is -2.43. The number of carbonyl (C=O) groups is 1. The van der Waals surface area contributed by atoms with Crippen molar-refractivity contribution in [2.24, 2.45) is 0 Å². The number of hydrogen-bond donors (Lipinski definition) is 2. The van der Waals surface area contributed by atoms with Crippen LogP contribution in [-0.2, 0) is 4.79 Å². The van der Waals surface area contributed by atoms with Crippen LogP contribution in [0.3, 0.4) is 0 Å². The molecule has 2 aromatic carbocycles. The lowest BCUT2D eigenvalue weighted by atomic mass is 10.1. The molecule has 1 saturated heterocycles. The van der Waals surface area contributed by atoms with Gasteiger partial charge in [-0.3, -0.25) is 4.79 Å². The first-order valence-electron chi connectivity index (χ1n) is 12.4. The Morgan fingerprint density at radius 3 is 2.50 bits per heavy atom. The van der Waals surface area contributed by atoms with Crippen LogP contribution in [0.2, 0.25) is 0 Å². The quantitative estimate of drug-likeness (QED) is 0.420. The highest BCUT2D eigenvalue weighted by Gasteiger charge is 2.35. The van der Waals surface area contributed by atoms with Gasteiger partial charge in [0.15, 0.2) is 23.9 Å². The number of ether oxygens (including phenoxy) is 2. The van der Waals surface area contributed by atoms with E-state index in [2.05, 4.69) is 25.3 Å². The fraction of sp³-hybridized carbons (Fsp3) is 0.346. The summed E-state index contributed by atoms with van der Waals surface area (Å²) >= 11 is 0. The van der Waals surface area contributed by atoms with Crippen molar-refractivity contribution in [3.8, 4) is 22.8 Å². The Morgan fingerprint density at radius 2 is 1.82 bits per heavy atom. The highest BCUT2D eigenvalue weighted by atomic mass is 19.4. The third kappa shape index (κ3) is 5.71. The third-order valence-corrected chi connectivity index (χ3v) is 6.32. The third-order valence-electron chi connectivity index (χ3n) is 6.32. The SMILES string of the molecule is CC(C)N1C(=O)COc2c(F)cc(-c3nc(Nc4ccc(N5CCNCC5)c(F)c4)ncc3OC(F)(F)F)cc21. The van der Waals surface area contributed by atoms with E-state index in [4.69, 9.17) is 4.74 Å². The number of carbonyl (C=O) groups excluding carboxylic acids is 1. The molecule has 1 aromatic heterocycles. The molecule has 0 atom stereocenters. The molecule has 212 valence electrons. The number of nitrogens with zero attached hydrogens (tertiary/aromatic N) is 4. The highest BCUT2D eigenvalue weighted by molar-refractivity contribution is 5.99. The van der Waals surface area contributed by atoms with Crippen LogP contribution in [0.5, 0.6) is 11.5 Å². The van der Waals surface area contributed by atoms with Gasteiger partial charge in [-0.2, -0.15) is 0 Å². The topological polar surface area (TPSA) is 91.9 Å². The summed E-state index contributed by atoms with van der Waals surface area (Å²) in [5, 5.41) is 5.97. The smallest absolute Gasteiger partial charge is 0.478 e. The van der Waals surface area contributed by atoms with Crippen molar-refractivity contribution < 1.29 is 36.2 Å². The Kier molecular flexibility index (Phi) is 7.36. The number of fused-ring (bicyclic) bond motifs is 1. The van der Waals surface area contributed by atoms with E-state index in [0.717, 1.165) is 25.4 Å². The van der Waals surface area contributed by atoms with E-state index in [1.54, 1.807) is 26.0 Å². The molecule has 2 aliphatic heterocycles. The number of alkyl halides is 3. The first-order chi connectivity index (χ1) is 19.0. The minimum absolute atomic E-state index is 0.0397. The van der Waals surface area contributed by atoms with Gasteiger partial charge in [-0.25, -0.2) is 18.7 Å². The maximum Gasteiger partial charge on any atom is 0.573 e. The molecular formula is C26H25F5N6O3. The average Bonchev–Trinajstić information content (AvgIpc) is 2.89. The molecule has 0 aliphatic carbocycles. The van der Waals surface area contributed by atoms with Crippen LogP contribution in [0, 0.1) is 11.6 Å². The van der Waals surface area contributed by atoms with Gasteiger partial charge >= 0.3 is 6.36 Å². The minimum Gasteiger partial charge on any atom is -0.478 e. The molecule has 9 nitrogen and oxygen atoms in total. The molecule has 5 rings (SSSR count). The largest absolute Gasteiger partial charge is 0.573 e. The maximum atomic E-state index is 15.1. The maximum absolute atomic E-state index is 15.1. The monoisotopic (exact) mass is 564 g/mol. The number of benzene rings is 2. The Morgan fingerprint density at radius 1 is 1.07 bits per heavy atom. The number of aromatic nitrogens is 2. The van der Waals surface area contributed by atoms with E-state index in [1.807, 2.05) is 4.90 Å². The lowest BCUT2D eigenvalue weighted by molar-refractivity contribution is -0.274. The van der Waals surface area contributed by atoms with Crippen molar-refractivity contribution in [1.82, 2.24) is 15.3 Å². The molecule has 1 amide bonds. The molecule has 3 heterocycles. The van der Waals surface area contributed by atoms with Crippen LogP contribution in [0.4, 0.5) is 45.0 Å². The molecule has 0 bridgehead atoms. The fourth-order valence-corrected chi connectivity index (χ4v) is 4.65. The summed E-state index contributed by atoms with van der Waals surface area (Å²) in [5.41, 5.74) is 0.172. The molecule has 0 saturated carbocycles. The van der Waals surface area contributed by atoms with Crippen LogP contribution < -0.4 is 29.9 Å². The van der Waals surface area contributed by atoms with Crippen LogP contribution >= 0.6 is 0 Å². The summed E-state index contributed by atoms with van der Waals surface area (Å²) in [6.07, 6.45) is -4.31. The number of hydrogen-bond acceptors (Lipinski definition) is 8. The second kappa shape index (κ2) is 10.8. The first kappa shape index (κ1) is 27.4. The van der Waals surface area contributed by atoms with Gasteiger partial charge in [0.2, 0.25) is 5.95 Å². The summed E-state index contributed by atoms with van der Waals surface area (Å²) in [5.74, 6) is -3.03. The fourth-order valence-electron chi connectivity index (χ4n) is 4.65. The highest BCUT2D eigenvalue weighted by Crippen LogP contribution is 2.42. The van der Waals surface area contributed by atoms with Crippen LogP contribution in [0.25, 0.3) is 11.3 Å². The zero-order valence-corrected chi connectivity index (χ0v) is 21.5. The van der Waals surface area contributed by atoms with Gasteiger partial charge in [0, 0.05) is 43.5 Å². The predicted molar refractivity (Wildman–Crippen MR) is 137 cm³/mol. The van der Waals surface area contributed by atoms with E-state index in [-0.39, 0.29) is 35.2 Å². The average molecular weight is 565 g/mol. The number of nitrogens with one attached hydrogen (secondary N) is 2. The van der Waals surface area contributed by atoms with Gasteiger partial charge < -0.3 is 29.9 Å². The predicted octanol–water partition coefficient (Wildman–Crippen LogP) is 4.61. The van der Waals surface area contributed by atoms with Crippen molar-refractivity contribution >= 4 is 28.9 Å². The molecule has 2 N–H and O–H groups in total. The second-order valence-electron chi connectivity index (χ2n) is 9.43. The van der Waals surface area contributed by atoms with Crippen LogP contribution in [0.15, 0.2) is 36.5 Å². The van der Waals surface area contributed by atoms with E-state index in [0.29, 0.717) is 18.8 Å². The molecule has 0 radical (unpaired) electrons. The summed E-state index contributed by atoms with van der Waals surface area (Å²) in [6.45, 7) is 5.75. The van der Waals surface area contributed by atoms with Crippen molar-refractivity contribution in [1.29, 1.82) is 0 Å². The molecule has 1 fully saturated rings. The van der Waals surface area contributed by atoms with Gasteiger partial charge in [-0.15, -0.1) is 13.2 Å². The number of amides is 1. The molecule has 40 heavy (non-hydrogen) atoms. The minimum atomic E-state index is -5.09. The number of anilines is 4. The van der Waals surface area contributed by atoms with Gasteiger partial charge in [-0.05, 0) is 44.2 Å². The Bertz CT molecular complexity index is 1430. The zero-order chi connectivity index (χ0) is 28.6. The van der Waals surface area contributed by atoms with Crippen molar-refractivity contribution in [2.45, 2.75) is 26.3 Å². The van der Waals surface area contributed by atoms with E-state index in [9.17, 15) is 22.4 Å². The Labute approximate surface area is 225 Å². The van der Waals surface area contributed by atoms with Crippen molar-refractivity contribution in [3.05, 3.63) is 48.2 Å². The normalized spacial score (nSPS) is 15.7. The number of halogens is 5. The van der Waals surface area contributed by atoms with E-state index < -0.39 is 41.4 Å². The summed E-state index contributed by atoms with van der Waals surface area (Å²) in [4.78, 5) is 23.7. The molecule has 14 heteroatoms. The zero-order valence-electron chi connectivity index (χ0n) is 21.5. The first-order valence-corrected chi connectivity index (χ1v) is 12.4. The molecular weight excluding hydrogens is 539 g/mol. The van der Waals surface area contributed by atoms with E-state index in [1.165, 1.54) is 17.0 Å². The van der Waals surface area contributed by atoms with Crippen molar-refractivity contribution in [3.63, 3.8) is 0 Å². The van der Waals surface area contributed by atoms with E-state index >= 15 is 4.39 Å². The second-order valence-corrected chi connectivity index (χ2v) is 9.43. The van der Waals surface area contributed by atoms with Crippen molar-refractivity contribution in [2.75, 3.05) is 47.9 Å². The molecule has 0 spiro atoms.